The molecule has 21 heavy (non-hydrogen) atoms. The summed E-state index contributed by atoms with van der Waals surface area (Å²) in [7, 11) is 3.39. The molecular formula is C16H18FN3O. The van der Waals surface area contributed by atoms with E-state index in [1.807, 2.05) is 6.07 Å². The fraction of sp³-hybridized carbons (Fsp3) is 0.188. The number of hydrogen-bond donors (Lipinski definition) is 2. The lowest BCUT2D eigenvalue weighted by atomic mass is 10.1. The maximum absolute atomic E-state index is 13.1. The molecule has 0 fully saturated rings. The van der Waals surface area contributed by atoms with Gasteiger partial charge in [0.15, 0.2) is 0 Å². The first-order valence-electron chi connectivity index (χ1n) is 6.57. The first-order valence-corrected chi connectivity index (χ1v) is 6.57. The van der Waals surface area contributed by atoms with E-state index in [9.17, 15) is 9.18 Å². The number of benzene rings is 2. The molecule has 0 aliphatic rings. The second kappa shape index (κ2) is 6.26. The Morgan fingerprint density at radius 2 is 2.00 bits per heavy atom. The van der Waals surface area contributed by atoms with Crippen molar-refractivity contribution in [3.8, 4) is 0 Å². The van der Waals surface area contributed by atoms with Crippen LogP contribution in [0.25, 0.3) is 0 Å². The quantitative estimate of drug-likeness (QED) is 0.850. The van der Waals surface area contributed by atoms with Gasteiger partial charge in [-0.3, -0.25) is 4.79 Å². The topological polar surface area (TPSA) is 58.4 Å². The number of nitrogens with zero attached hydrogens (tertiary/aromatic N) is 1. The number of carbonyl (C=O) groups excluding carboxylic acids is 1. The molecule has 2 aromatic carbocycles. The highest BCUT2D eigenvalue weighted by molar-refractivity contribution is 5.95. The molecule has 0 spiro atoms. The Morgan fingerprint density at radius 1 is 1.24 bits per heavy atom. The van der Waals surface area contributed by atoms with E-state index < -0.39 is 0 Å². The second-order valence-electron chi connectivity index (χ2n) is 4.99. The van der Waals surface area contributed by atoms with Crippen molar-refractivity contribution in [2.75, 3.05) is 25.1 Å². The van der Waals surface area contributed by atoms with Gasteiger partial charge >= 0.3 is 0 Å². The molecule has 2 aromatic rings. The molecule has 2 rings (SSSR count). The largest absolute Gasteiger partial charge is 0.397 e. The Morgan fingerprint density at radius 3 is 2.67 bits per heavy atom. The van der Waals surface area contributed by atoms with Crippen LogP contribution in [0.1, 0.15) is 15.9 Å². The molecule has 0 aliphatic carbocycles. The Balaban J connectivity index is 2.16. The highest BCUT2D eigenvalue weighted by Crippen LogP contribution is 2.21. The van der Waals surface area contributed by atoms with Gasteiger partial charge in [0.1, 0.15) is 5.82 Å². The summed E-state index contributed by atoms with van der Waals surface area (Å²) in [4.78, 5) is 13.4. The highest BCUT2D eigenvalue weighted by Gasteiger charge is 2.10. The van der Waals surface area contributed by atoms with Gasteiger partial charge in [0.25, 0.3) is 5.91 Å². The second-order valence-corrected chi connectivity index (χ2v) is 4.99. The van der Waals surface area contributed by atoms with Crippen LogP contribution >= 0.6 is 0 Å². The van der Waals surface area contributed by atoms with Crippen molar-refractivity contribution < 1.29 is 9.18 Å². The number of halogens is 1. The smallest absolute Gasteiger partial charge is 0.253 e. The van der Waals surface area contributed by atoms with Gasteiger partial charge in [-0.1, -0.05) is 12.1 Å². The first kappa shape index (κ1) is 14.8. The van der Waals surface area contributed by atoms with E-state index in [4.69, 9.17) is 5.73 Å². The van der Waals surface area contributed by atoms with Crippen molar-refractivity contribution in [3.05, 3.63) is 59.4 Å². The number of nitrogens with one attached hydrogen (secondary N) is 1. The summed E-state index contributed by atoms with van der Waals surface area (Å²) in [6.07, 6.45) is 0. The Bertz CT molecular complexity index is 656. The van der Waals surface area contributed by atoms with Gasteiger partial charge in [-0.25, -0.2) is 4.39 Å². The van der Waals surface area contributed by atoms with E-state index in [-0.39, 0.29) is 11.7 Å². The first-order chi connectivity index (χ1) is 9.97. The van der Waals surface area contributed by atoms with Gasteiger partial charge in [-0.05, 0) is 35.9 Å². The van der Waals surface area contributed by atoms with E-state index in [1.54, 1.807) is 38.4 Å². The molecule has 5 heteroatoms. The van der Waals surface area contributed by atoms with Crippen molar-refractivity contribution in [2.24, 2.45) is 0 Å². The van der Waals surface area contributed by atoms with Crippen LogP contribution in [0.2, 0.25) is 0 Å². The third kappa shape index (κ3) is 3.72. The molecule has 1 amide bonds. The fourth-order valence-corrected chi connectivity index (χ4v) is 1.94. The summed E-state index contributed by atoms with van der Waals surface area (Å²) >= 11 is 0. The van der Waals surface area contributed by atoms with Crippen LogP contribution in [0.4, 0.5) is 15.8 Å². The third-order valence-corrected chi connectivity index (χ3v) is 3.08. The molecular weight excluding hydrogens is 269 g/mol. The lowest BCUT2D eigenvalue weighted by Gasteiger charge is -2.14. The lowest BCUT2D eigenvalue weighted by Crippen LogP contribution is -2.21. The number of carbonyl (C=O) groups is 1. The van der Waals surface area contributed by atoms with Gasteiger partial charge < -0.3 is 16.0 Å². The lowest BCUT2D eigenvalue weighted by molar-refractivity contribution is 0.0827. The zero-order valence-corrected chi connectivity index (χ0v) is 12.1. The van der Waals surface area contributed by atoms with Crippen LogP contribution in [-0.2, 0) is 6.54 Å². The van der Waals surface area contributed by atoms with E-state index >= 15 is 0 Å². The van der Waals surface area contributed by atoms with Gasteiger partial charge in [0.05, 0.1) is 11.4 Å². The minimum Gasteiger partial charge on any atom is -0.397 e. The number of hydrogen-bond acceptors (Lipinski definition) is 3. The summed E-state index contributed by atoms with van der Waals surface area (Å²) in [5.41, 5.74) is 8.46. The van der Waals surface area contributed by atoms with Crippen LogP contribution in [-0.4, -0.2) is 24.9 Å². The van der Waals surface area contributed by atoms with Crippen molar-refractivity contribution in [2.45, 2.75) is 6.54 Å². The zero-order chi connectivity index (χ0) is 15.4. The van der Waals surface area contributed by atoms with Crippen LogP contribution in [0, 0.1) is 5.82 Å². The summed E-state index contributed by atoms with van der Waals surface area (Å²) in [5.74, 6) is -0.373. The Hall–Kier alpha value is -2.56. The molecule has 3 N–H and O–H groups in total. The minimum atomic E-state index is -0.279. The van der Waals surface area contributed by atoms with Crippen molar-refractivity contribution in [3.63, 3.8) is 0 Å². The fourth-order valence-electron chi connectivity index (χ4n) is 1.94. The molecule has 0 saturated heterocycles. The number of nitrogens with two attached hydrogens (primary N) is 1. The van der Waals surface area contributed by atoms with Gasteiger partial charge in [0, 0.05) is 26.2 Å². The van der Waals surface area contributed by atoms with Crippen LogP contribution in [0.15, 0.2) is 42.5 Å². The molecule has 110 valence electrons. The molecule has 0 unspecified atom stereocenters. The highest BCUT2D eigenvalue weighted by atomic mass is 19.1. The standard InChI is InChI=1S/C16H18FN3O/c1-20(2)16(21)12-6-7-14(18)15(9-12)19-10-11-4-3-5-13(17)8-11/h3-9,19H,10,18H2,1-2H3. The van der Waals surface area contributed by atoms with Gasteiger partial charge in [-0.15, -0.1) is 0 Å². The summed E-state index contributed by atoms with van der Waals surface area (Å²) in [6.45, 7) is 0.432. The Kier molecular flexibility index (Phi) is 4.42. The third-order valence-electron chi connectivity index (χ3n) is 3.08. The van der Waals surface area contributed by atoms with Gasteiger partial charge in [0.2, 0.25) is 0 Å². The van der Waals surface area contributed by atoms with E-state index in [0.29, 0.717) is 23.5 Å². The van der Waals surface area contributed by atoms with E-state index in [0.717, 1.165) is 5.56 Å². The maximum Gasteiger partial charge on any atom is 0.253 e. The molecule has 0 saturated carbocycles. The average molecular weight is 287 g/mol. The monoisotopic (exact) mass is 287 g/mol. The van der Waals surface area contributed by atoms with Gasteiger partial charge in [-0.2, -0.15) is 0 Å². The van der Waals surface area contributed by atoms with Crippen molar-refractivity contribution >= 4 is 17.3 Å². The van der Waals surface area contributed by atoms with Crippen LogP contribution in [0.3, 0.4) is 0 Å². The molecule has 0 aromatic heterocycles. The molecule has 0 aliphatic heterocycles. The number of anilines is 2. The summed E-state index contributed by atoms with van der Waals surface area (Å²) in [6, 6.07) is 11.4. The van der Waals surface area contributed by atoms with E-state index in [1.165, 1.54) is 17.0 Å². The molecule has 0 radical (unpaired) electrons. The van der Waals surface area contributed by atoms with Crippen molar-refractivity contribution in [1.82, 2.24) is 4.90 Å². The van der Waals surface area contributed by atoms with Crippen molar-refractivity contribution in [1.29, 1.82) is 0 Å². The SMILES string of the molecule is CN(C)C(=O)c1ccc(N)c(NCc2cccc(F)c2)c1. The molecule has 0 heterocycles. The van der Waals surface area contributed by atoms with E-state index in [2.05, 4.69) is 5.32 Å². The van der Waals surface area contributed by atoms with Crippen LogP contribution < -0.4 is 11.1 Å². The minimum absolute atomic E-state index is 0.0937. The maximum atomic E-state index is 13.1. The summed E-state index contributed by atoms with van der Waals surface area (Å²) < 4.78 is 13.1. The van der Waals surface area contributed by atoms with Crippen LogP contribution in [0.5, 0.6) is 0 Å². The predicted molar refractivity (Wildman–Crippen MR) is 82.6 cm³/mol. The molecule has 0 bridgehead atoms. The molecule has 4 nitrogen and oxygen atoms in total. The Labute approximate surface area is 123 Å². The number of nitrogen functional groups attached to an aromatic ring is 1. The number of amides is 1. The number of rotatable bonds is 4. The average Bonchev–Trinajstić information content (AvgIpc) is 2.45. The predicted octanol–water partition coefficient (Wildman–Crippen LogP) is 2.72. The normalized spacial score (nSPS) is 10.2. The zero-order valence-electron chi connectivity index (χ0n) is 12.1. The molecule has 0 atom stereocenters. The summed E-state index contributed by atoms with van der Waals surface area (Å²) in [5, 5.41) is 3.13.